The Morgan fingerprint density at radius 1 is 1.17 bits per heavy atom. The maximum Gasteiger partial charge on any atom is 0.355 e. The molecule has 5 aromatic rings. The zero-order valence-corrected chi connectivity index (χ0v) is 29.0. The van der Waals surface area contributed by atoms with E-state index in [0.717, 1.165) is 50.3 Å². The first-order valence-corrected chi connectivity index (χ1v) is 17.5. The second kappa shape index (κ2) is 14.2. The molecule has 0 amide bonds. The molecule has 0 radical (unpaired) electrons. The summed E-state index contributed by atoms with van der Waals surface area (Å²) in [6.45, 7) is 6.62. The molecule has 13 heteroatoms. The van der Waals surface area contributed by atoms with Gasteiger partial charge in [0.05, 0.1) is 37.5 Å². The first kappa shape index (κ1) is 33.3. The molecule has 6 rings (SSSR count). The molecule has 10 nitrogen and oxygen atoms in total. The summed E-state index contributed by atoms with van der Waals surface area (Å²) in [5.41, 5.74) is 3.56. The number of nitrogens with one attached hydrogen (secondary N) is 1. The number of para-hydroxylation sites is 1. The Labute approximate surface area is 286 Å². The lowest BCUT2D eigenvalue weighted by Crippen LogP contribution is -2.39. The highest BCUT2D eigenvalue weighted by Crippen LogP contribution is 2.39. The Bertz CT molecular complexity index is 2000. The highest BCUT2D eigenvalue weighted by molar-refractivity contribution is 7.22. The average molecular weight is 687 g/mol. The fourth-order valence-corrected chi connectivity index (χ4v) is 7.27. The van der Waals surface area contributed by atoms with Crippen LogP contribution in [-0.4, -0.2) is 76.1 Å². The van der Waals surface area contributed by atoms with E-state index in [1.807, 2.05) is 36.1 Å². The van der Waals surface area contributed by atoms with Crippen LogP contribution in [0, 0.1) is 24.6 Å². The van der Waals surface area contributed by atoms with Crippen molar-refractivity contribution in [2.45, 2.75) is 39.5 Å². The predicted octanol–water partition coefficient (Wildman–Crippen LogP) is 6.98. The first-order valence-electron chi connectivity index (χ1n) is 15.8. The molecule has 2 aromatic carbocycles. The highest BCUT2D eigenvalue weighted by atomic mass is 32.1. The Balaban J connectivity index is 1.11. The fourth-order valence-electron chi connectivity index (χ4n) is 5.28. The van der Waals surface area contributed by atoms with Crippen molar-refractivity contribution in [2.75, 3.05) is 50.6 Å². The molecule has 0 bridgehead atoms. The molecule has 248 valence electrons. The SMILES string of the molecule is CC[N+](C)(C)CC#Cc1ccc(OCCCc2sc(N3CCCc4c3nnc(Nc3nc5ccccc5s3)c4C)nc2C(=O)O)c(F)c1. The van der Waals surface area contributed by atoms with Crippen molar-refractivity contribution in [2.24, 2.45) is 0 Å². The number of thiazole rings is 2. The predicted molar refractivity (Wildman–Crippen MR) is 189 cm³/mol. The smallest absolute Gasteiger partial charge is 0.355 e. The summed E-state index contributed by atoms with van der Waals surface area (Å²) >= 11 is 2.89. The number of ether oxygens (including phenoxy) is 1. The first-order chi connectivity index (χ1) is 23.1. The van der Waals surface area contributed by atoms with Gasteiger partial charge in [-0.3, -0.25) is 0 Å². The number of quaternary nitrogens is 1. The van der Waals surface area contributed by atoms with Gasteiger partial charge in [-0.1, -0.05) is 29.4 Å². The number of carboxylic acids is 1. The van der Waals surface area contributed by atoms with Gasteiger partial charge >= 0.3 is 5.97 Å². The topological polar surface area (TPSA) is 113 Å². The lowest BCUT2D eigenvalue weighted by atomic mass is 10.0. The number of fused-ring (bicyclic) bond motifs is 2. The summed E-state index contributed by atoms with van der Waals surface area (Å²) < 4.78 is 22.3. The van der Waals surface area contributed by atoms with Crippen molar-refractivity contribution >= 4 is 60.8 Å². The summed E-state index contributed by atoms with van der Waals surface area (Å²) in [6.07, 6.45) is 2.59. The maximum absolute atomic E-state index is 14.7. The zero-order valence-electron chi connectivity index (χ0n) is 27.3. The molecule has 1 aliphatic heterocycles. The van der Waals surface area contributed by atoms with Gasteiger partial charge in [-0.15, -0.1) is 21.5 Å². The number of hydrogen-bond acceptors (Lipinski definition) is 10. The quantitative estimate of drug-likeness (QED) is 0.0864. The van der Waals surface area contributed by atoms with Gasteiger partial charge in [0.25, 0.3) is 0 Å². The van der Waals surface area contributed by atoms with Gasteiger partial charge in [-0.25, -0.2) is 19.2 Å². The molecule has 2 N–H and O–H groups in total. The lowest BCUT2D eigenvalue weighted by Gasteiger charge is -2.28. The Morgan fingerprint density at radius 2 is 2.00 bits per heavy atom. The molecule has 1 aliphatic rings. The van der Waals surface area contributed by atoms with Crippen molar-refractivity contribution in [1.82, 2.24) is 20.2 Å². The van der Waals surface area contributed by atoms with E-state index in [0.29, 0.717) is 53.1 Å². The van der Waals surface area contributed by atoms with Crippen LogP contribution in [0.3, 0.4) is 0 Å². The second-order valence-electron chi connectivity index (χ2n) is 12.2. The minimum absolute atomic E-state index is 0.0138. The minimum atomic E-state index is -1.09. The number of carbonyl (C=O) groups is 1. The molecule has 0 unspecified atom stereocenters. The van der Waals surface area contributed by atoms with E-state index in [2.05, 4.69) is 58.3 Å². The number of rotatable bonds is 11. The number of anilines is 4. The van der Waals surface area contributed by atoms with Gasteiger partial charge in [0.1, 0.15) is 6.54 Å². The number of benzene rings is 2. The van der Waals surface area contributed by atoms with Crippen molar-refractivity contribution in [3.63, 3.8) is 0 Å². The van der Waals surface area contributed by atoms with E-state index in [4.69, 9.17) is 4.74 Å². The molecular formula is C35H37FN7O3S2+. The van der Waals surface area contributed by atoms with E-state index in [1.165, 1.54) is 17.4 Å². The van der Waals surface area contributed by atoms with Gasteiger partial charge in [0.15, 0.2) is 39.2 Å². The molecule has 0 aliphatic carbocycles. The molecule has 0 saturated carbocycles. The number of halogens is 1. The van der Waals surface area contributed by atoms with Crippen LogP contribution in [0.15, 0.2) is 42.5 Å². The standard InChI is InChI=1S/C35H36FN7O3S2/c1-5-43(3,4)19-9-11-23-16-17-27(25(36)21-23)46-20-10-15-29-30(33(44)45)38-35(48-29)42-18-8-12-24-22(2)31(40-41-32(24)42)39-34-37-26-13-6-7-14-28(26)47-34/h6-7,13-14,16-17,21H,5,8,10,12,15,18-20H2,1-4H3,(H-,37,39,40,44,45)/p+1. The van der Waals surface area contributed by atoms with E-state index >= 15 is 0 Å². The zero-order chi connectivity index (χ0) is 33.8. The van der Waals surface area contributed by atoms with Gasteiger partial charge < -0.3 is 24.5 Å². The van der Waals surface area contributed by atoms with Gasteiger partial charge in [0.2, 0.25) is 0 Å². The number of aromatic nitrogens is 4. The van der Waals surface area contributed by atoms with Gasteiger partial charge in [-0.2, -0.15) is 0 Å². The van der Waals surface area contributed by atoms with Crippen LogP contribution in [0.5, 0.6) is 5.75 Å². The molecule has 0 atom stereocenters. The van der Waals surface area contributed by atoms with Crippen LogP contribution in [0.25, 0.3) is 10.2 Å². The number of nitrogens with zero attached hydrogens (tertiary/aromatic N) is 6. The summed E-state index contributed by atoms with van der Waals surface area (Å²) in [5.74, 6) is 6.06. The average Bonchev–Trinajstić information content (AvgIpc) is 3.69. The van der Waals surface area contributed by atoms with E-state index in [9.17, 15) is 14.3 Å². The second-order valence-corrected chi connectivity index (χ2v) is 14.3. The van der Waals surface area contributed by atoms with Crippen LogP contribution in [0.4, 0.5) is 26.3 Å². The molecule has 3 aromatic heterocycles. The monoisotopic (exact) mass is 686 g/mol. The van der Waals surface area contributed by atoms with Crippen molar-refractivity contribution in [1.29, 1.82) is 0 Å². The number of carboxylic acid groups (broad SMARTS) is 1. The number of aryl methyl sites for hydroxylation is 1. The minimum Gasteiger partial charge on any atom is -0.491 e. The van der Waals surface area contributed by atoms with Crippen LogP contribution in [-0.2, 0) is 12.8 Å². The highest BCUT2D eigenvalue weighted by Gasteiger charge is 2.28. The number of hydrogen-bond donors (Lipinski definition) is 2. The van der Waals surface area contributed by atoms with Gasteiger partial charge in [-0.05, 0) is 75.8 Å². The molecular weight excluding hydrogens is 650 g/mol. The van der Waals surface area contributed by atoms with E-state index < -0.39 is 11.8 Å². The van der Waals surface area contributed by atoms with Crippen molar-refractivity contribution < 1.29 is 23.5 Å². The molecule has 48 heavy (non-hydrogen) atoms. The summed E-state index contributed by atoms with van der Waals surface area (Å²) in [6, 6.07) is 12.7. The maximum atomic E-state index is 14.7. The normalized spacial score (nSPS) is 12.8. The fraction of sp³-hybridized carbons (Fsp3) is 0.343. The third-order valence-electron chi connectivity index (χ3n) is 8.36. The third-order valence-corrected chi connectivity index (χ3v) is 10.4. The Hall–Kier alpha value is -4.64. The third kappa shape index (κ3) is 7.41. The molecule has 4 heterocycles. The molecule has 0 saturated heterocycles. The molecule has 0 spiro atoms. The van der Waals surface area contributed by atoms with Crippen LogP contribution >= 0.6 is 22.7 Å². The van der Waals surface area contributed by atoms with Crippen LogP contribution < -0.4 is 15.0 Å². The van der Waals surface area contributed by atoms with Crippen molar-refractivity contribution in [3.05, 3.63) is 75.5 Å². The van der Waals surface area contributed by atoms with Crippen LogP contribution in [0.1, 0.15) is 51.8 Å². The summed E-state index contributed by atoms with van der Waals surface area (Å²) in [7, 11) is 4.20. The Kier molecular flexibility index (Phi) is 9.86. The lowest BCUT2D eigenvalue weighted by molar-refractivity contribution is -0.881. The van der Waals surface area contributed by atoms with Gasteiger partial charge in [0, 0.05) is 28.1 Å². The van der Waals surface area contributed by atoms with E-state index in [1.54, 1.807) is 23.5 Å². The molecule has 0 fully saturated rings. The van der Waals surface area contributed by atoms with Crippen LogP contribution in [0.2, 0.25) is 0 Å². The van der Waals surface area contributed by atoms with Crippen molar-refractivity contribution in [3.8, 4) is 17.6 Å². The summed E-state index contributed by atoms with van der Waals surface area (Å²) in [5, 5.41) is 23.7. The summed E-state index contributed by atoms with van der Waals surface area (Å²) in [4.78, 5) is 23.9. The Morgan fingerprint density at radius 3 is 2.77 bits per heavy atom. The van der Waals surface area contributed by atoms with E-state index in [-0.39, 0.29) is 18.1 Å². The number of aromatic carboxylic acids is 1. The largest absolute Gasteiger partial charge is 0.491 e.